The van der Waals surface area contributed by atoms with Gasteiger partial charge in [-0.2, -0.15) is 4.98 Å². The van der Waals surface area contributed by atoms with Gasteiger partial charge in [0.05, 0.1) is 12.3 Å². The van der Waals surface area contributed by atoms with E-state index in [9.17, 15) is 0 Å². The van der Waals surface area contributed by atoms with E-state index in [0.29, 0.717) is 17.5 Å². The van der Waals surface area contributed by atoms with Crippen LogP contribution in [-0.2, 0) is 0 Å². The second-order valence-corrected chi connectivity index (χ2v) is 5.53. The molecule has 0 spiro atoms. The number of anilines is 2. The molecule has 0 bridgehead atoms. The van der Waals surface area contributed by atoms with Crippen LogP contribution < -0.4 is 15.8 Å². The predicted octanol–water partition coefficient (Wildman–Crippen LogP) is 2.42. The summed E-state index contributed by atoms with van der Waals surface area (Å²) in [5.41, 5.74) is 6.72. The molecule has 2 aliphatic carbocycles. The Labute approximate surface area is 102 Å². The Morgan fingerprint density at radius 1 is 1.47 bits per heavy atom. The number of hydrogen-bond acceptors (Lipinski definition) is 4. The van der Waals surface area contributed by atoms with Crippen molar-refractivity contribution in [1.29, 1.82) is 0 Å². The van der Waals surface area contributed by atoms with Gasteiger partial charge in [0.25, 0.3) is 0 Å². The first-order valence-corrected chi connectivity index (χ1v) is 6.32. The predicted molar refractivity (Wildman–Crippen MR) is 68.1 cm³/mol. The highest BCUT2D eigenvalue weighted by molar-refractivity contribution is 5.54. The number of nitrogens with one attached hydrogen (secondary N) is 1. The Hall–Kier alpha value is -1.45. The highest BCUT2D eigenvalue weighted by atomic mass is 16.5. The van der Waals surface area contributed by atoms with Gasteiger partial charge in [-0.05, 0) is 50.7 Å². The largest absolute Gasteiger partial charge is 0.476 e. The Morgan fingerprint density at radius 2 is 2.24 bits per heavy atom. The Balaban J connectivity index is 1.69. The van der Waals surface area contributed by atoms with Gasteiger partial charge in [0.2, 0.25) is 5.88 Å². The van der Waals surface area contributed by atoms with Crippen LogP contribution in [0.3, 0.4) is 0 Å². The number of nitrogen functional groups attached to an aromatic ring is 1. The van der Waals surface area contributed by atoms with Crippen LogP contribution in [0.4, 0.5) is 11.5 Å². The lowest BCUT2D eigenvalue weighted by Gasteiger charge is -2.14. The third-order valence-electron chi connectivity index (χ3n) is 3.47. The SMILES string of the molecule is CC1(Nc2ccc(N)c(OCC3CC3)n2)CC1. The van der Waals surface area contributed by atoms with Gasteiger partial charge in [0.15, 0.2) is 0 Å². The van der Waals surface area contributed by atoms with Crippen LogP contribution in [0.25, 0.3) is 0 Å². The fraction of sp³-hybridized carbons (Fsp3) is 0.615. The third-order valence-corrected chi connectivity index (χ3v) is 3.47. The molecule has 2 fully saturated rings. The Kier molecular flexibility index (Phi) is 2.38. The van der Waals surface area contributed by atoms with Crippen LogP contribution in [-0.4, -0.2) is 17.1 Å². The van der Waals surface area contributed by atoms with Gasteiger partial charge in [-0.15, -0.1) is 0 Å². The van der Waals surface area contributed by atoms with Crippen molar-refractivity contribution in [3.63, 3.8) is 0 Å². The molecule has 1 heterocycles. The molecule has 0 amide bonds. The molecular weight excluding hydrogens is 214 g/mol. The zero-order chi connectivity index (χ0) is 11.9. The molecule has 0 saturated heterocycles. The van der Waals surface area contributed by atoms with Gasteiger partial charge < -0.3 is 15.8 Å². The smallest absolute Gasteiger partial charge is 0.239 e. The molecule has 4 heteroatoms. The molecule has 4 nitrogen and oxygen atoms in total. The maximum atomic E-state index is 5.86. The maximum absolute atomic E-state index is 5.86. The van der Waals surface area contributed by atoms with Gasteiger partial charge >= 0.3 is 0 Å². The monoisotopic (exact) mass is 233 g/mol. The average molecular weight is 233 g/mol. The summed E-state index contributed by atoms with van der Waals surface area (Å²) in [5.74, 6) is 2.16. The lowest BCUT2D eigenvalue weighted by Crippen LogP contribution is -2.17. The van der Waals surface area contributed by atoms with Crippen LogP contribution in [0, 0.1) is 5.92 Å². The molecule has 3 rings (SSSR count). The van der Waals surface area contributed by atoms with Crippen molar-refractivity contribution in [1.82, 2.24) is 4.98 Å². The molecule has 3 N–H and O–H groups in total. The summed E-state index contributed by atoms with van der Waals surface area (Å²) in [6, 6.07) is 3.78. The van der Waals surface area contributed by atoms with Crippen molar-refractivity contribution in [2.75, 3.05) is 17.7 Å². The molecule has 17 heavy (non-hydrogen) atoms. The van der Waals surface area contributed by atoms with Crippen LogP contribution in [0.5, 0.6) is 5.88 Å². The van der Waals surface area contributed by atoms with Gasteiger partial charge in [-0.3, -0.25) is 0 Å². The molecule has 0 radical (unpaired) electrons. The van der Waals surface area contributed by atoms with Gasteiger partial charge in [-0.25, -0.2) is 0 Å². The summed E-state index contributed by atoms with van der Waals surface area (Å²) in [6.07, 6.45) is 4.96. The minimum Gasteiger partial charge on any atom is -0.476 e. The van der Waals surface area contributed by atoms with Crippen molar-refractivity contribution in [3.05, 3.63) is 12.1 Å². The molecule has 92 valence electrons. The first-order chi connectivity index (χ1) is 8.15. The molecule has 0 unspecified atom stereocenters. The summed E-state index contributed by atoms with van der Waals surface area (Å²) >= 11 is 0. The molecular formula is C13H19N3O. The van der Waals surface area contributed by atoms with E-state index in [1.807, 2.05) is 12.1 Å². The van der Waals surface area contributed by atoms with Crippen LogP contribution >= 0.6 is 0 Å². The van der Waals surface area contributed by atoms with E-state index in [4.69, 9.17) is 10.5 Å². The summed E-state index contributed by atoms with van der Waals surface area (Å²) < 4.78 is 5.66. The number of rotatable bonds is 5. The fourth-order valence-electron chi connectivity index (χ4n) is 1.74. The van der Waals surface area contributed by atoms with Crippen molar-refractivity contribution < 1.29 is 4.74 Å². The van der Waals surface area contributed by atoms with Crippen molar-refractivity contribution in [2.24, 2.45) is 5.92 Å². The molecule has 2 aliphatic rings. The lowest BCUT2D eigenvalue weighted by atomic mass is 10.3. The van der Waals surface area contributed by atoms with E-state index in [2.05, 4.69) is 17.2 Å². The van der Waals surface area contributed by atoms with Gasteiger partial charge in [0.1, 0.15) is 5.82 Å². The minimum absolute atomic E-state index is 0.233. The van der Waals surface area contributed by atoms with Crippen LogP contribution in [0.15, 0.2) is 12.1 Å². The van der Waals surface area contributed by atoms with Crippen LogP contribution in [0.1, 0.15) is 32.6 Å². The first-order valence-electron chi connectivity index (χ1n) is 6.32. The number of hydrogen-bond donors (Lipinski definition) is 2. The van der Waals surface area contributed by atoms with E-state index in [1.54, 1.807) is 0 Å². The molecule has 1 aromatic rings. The summed E-state index contributed by atoms with van der Waals surface area (Å²) in [6.45, 7) is 2.95. The highest BCUT2D eigenvalue weighted by Gasteiger charge is 2.37. The Bertz CT molecular complexity index is 425. The molecule has 0 aromatic carbocycles. The van der Waals surface area contributed by atoms with Gasteiger partial charge in [-0.1, -0.05) is 0 Å². The maximum Gasteiger partial charge on any atom is 0.239 e. The van der Waals surface area contributed by atoms with E-state index < -0.39 is 0 Å². The number of pyridine rings is 1. The number of aromatic nitrogens is 1. The highest BCUT2D eigenvalue weighted by Crippen LogP contribution is 2.38. The molecule has 0 aliphatic heterocycles. The number of nitrogens with zero attached hydrogens (tertiary/aromatic N) is 1. The van der Waals surface area contributed by atoms with Gasteiger partial charge in [0, 0.05) is 5.54 Å². The second-order valence-electron chi connectivity index (χ2n) is 5.53. The summed E-state index contributed by atoms with van der Waals surface area (Å²) in [7, 11) is 0. The standard InChI is InChI=1S/C13H19N3O/c1-13(6-7-13)16-11-5-4-10(14)12(15-11)17-8-9-2-3-9/h4-5,9H,2-3,6-8,14H2,1H3,(H,15,16). The second kappa shape index (κ2) is 3.79. The molecule has 0 atom stereocenters. The van der Waals surface area contributed by atoms with Crippen molar-refractivity contribution in [3.8, 4) is 5.88 Å². The minimum atomic E-state index is 0.233. The number of nitrogens with two attached hydrogens (primary N) is 1. The Morgan fingerprint density at radius 3 is 2.88 bits per heavy atom. The zero-order valence-electron chi connectivity index (χ0n) is 10.2. The molecule has 2 saturated carbocycles. The fourth-order valence-corrected chi connectivity index (χ4v) is 1.74. The third kappa shape index (κ3) is 2.62. The average Bonchev–Trinajstić information content (AvgIpc) is 3.18. The van der Waals surface area contributed by atoms with Crippen molar-refractivity contribution >= 4 is 11.5 Å². The lowest BCUT2D eigenvalue weighted by molar-refractivity contribution is 0.290. The topological polar surface area (TPSA) is 60.2 Å². The van der Waals surface area contributed by atoms with E-state index in [-0.39, 0.29) is 5.54 Å². The van der Waals surface area contributed by atoms with E-state index >= 15 is 0 Å². The summed E-state index contributed by atoms with van der Waals surface area (Å²) in [4.78, 5) is 4.44. The zero-order valence-corrected chi connectivity index (χ0v) is 10.2. The van der Waals surface area contributed by atoms with E-state index in [1.165, 1.54) is 25.7 Å². The first kappa shape index (κ1) is 10.7. The van der Waals surface area contributed by atoms with Crippen molar-refractivity contribution in [2.45, 2.75) is 38.1 Å². The molecule has 1 aromatic heterocycles. The quantitative estimate of drug-likeness (QED) is 0.820. The summed E-state index contributed by atoms with van der Waals surface area (Å²) in [5, 5.41) is 3.42. The normalized spacial score (nSPS) is 21.0. The van der Waals surface area contributed by atoms with Crippen LogP contribution in [0.2, 0.25) is 0 Å². The van der Waals surface area contributed by atoms with E-state index in [0.717, 1.165) is 12.4 Å². The number of ether oxygens (including phenoxy) is 1.